The van der Waals surface area contributed by atoms with Gasteiger partial charge >= 0.3 is 5.16 Å². The van der Waals surface area contributed by atoms with Crippen LogP contribution in [0.2, 0.25) is 0 Å². The molecule has 1 aromatic heterocycles. The summed E-state index contributed by atoms with van der Waals surface area (Å²) in [6.45, 7) is 0. The molecule has 6 heteroatoms. The Balaban J connectivity index is 2.06. The number of nitriles is 1. The lowest BCUT2D eigenvalue weighted by Crippen LogP contribution is -2.13. The van der Waals surface area contributed by atoms with Crippen LogP contribution in [0.15, 0.2) is 29.4 Å². The summed E-state index contributed by atoms with van der Waals surface area (Å²) in [5.74, 6) is 0.616. The molecule has 1 atom stereocenters. The molecule has 106 valence electrons. The van der Waals surface area contributed by atoms with Crippen molar-refractivity contribution >= 4 is 44.8 Å². The van der Waals surface area contributed by atoms with Crippen LogP contribution in [0.3, 0.4) is 0 Å². The Labute approximate surface area is 135 Å². The molecule has 0 N–H and O–H groups in total. The molecule has 2 rings (SSSR count). The van der Waals surface area contributed by atoms with Crippen molar-refractivity contribution in [1.82, 2.24) is 9.55 Å². The summed E-state index contributed by atoms with van der Waals surface area (Å²) in [6, 6.07) is 10.0. The maximum absolute atomic E-state index is 12.4. The maximum atomic E-state index is 12.4. The van der Waals surface area contributed by atoms with Crippen LogP contribution in [0, 0.1) is 11.3 Å². The summed E-state index contributed by atoms with van der Waals surface area (Å²) in [5, 5.41) is 9.15. The van der Waals surface area contributed by atoms with Gasteiger partial charge in [0, 0.05) is 17.6 Å². The van der Waals surface area contributed by atoms with Gasteiger partial charge in [-0.1, -0.05) is 34.7 Å². The number of benzene rings is 1. The predicted molar refractivity (Wildman–Crippen MR) is 89.1 cm³/mol. The Hall–Kier alpha value is -0.780. The van der Waals surface area contributed by atoms with Gasteiger partial charge in [0.2, 0.25) is 0 Å². The number of rotatable bonds is 7. The third-order valence-corrected chi connectivity index (χ3v) is 5.12. The molecule has 0 aliphatic carbocycles. The monoisotopic (exact) mass is 401 g/mol. The molecule has 0 aliphatic rings. The number of aromatic nitrogens is 2. The van der Waals surface area contributed by atoms with Crippen LogP contribution in [0.4, 0.5) is 0 Å². The molecular weight excluding hydrogens is 385 g/mol. The van der Waals surface area contributed by atoms with Crippen LogP contribution in [0.1, 0.15) is 25.7 Å². The van der Waals surface area contributed by atoms with Crippen LogP contribution in [0.5, 0.6) is 0 Å². The highest BCUT2D eigenvalue weighted by molar-refractivity contribution is 14.1. The minimum absolute atomic E-state index is 0.582. The van der Waals surface area contributed by atoms with Crippen molar-refractivity contribution in [3.05, 3.63) is 24.3 Å². The molecule has 1 aromatic carbocycles. The number of unbranched alkanes of at least 4 members (excludes halogenated alkanes) is 3. The number of fused-ring (bicyclic) bond motifs is 1. The van der Waals surface area contributed by atoms with E-state index in [1.165, 1.54) is 0 Å². The van der Waals surface area contributed by atoms with E-state index in [0.29, 0.717) is 17.3 Å². The highest BCUT2D eigenvalue weighted by atomic mass is 127. The van der Waals surface area contributed by atoms with Gasteiger partial charge in [0.1, 0.15) is 5.75 Å². The van der Waals surface area contributed by atoms with Gasteiger partial charge in [0.15, 0.2) is 0 Å². The number of imidazole rings is 1. The molecule has 0 saturated carbocycles. The third kappa shape index (κ3) is 3.65. The zero-order chi connectivity index (χ0) is 14.4. The van der Waals surface area contributed by atoms with Gasteiger partial charge < -0.3 is 4.55 Å². The van der Waals surface area contributed by atoms with Gasteiger partial charge in [-0.3, -0.25) is 4.57 Å². The van der Waals surface area contributed by atoms with E-state index < -0.39 is 11.2 Å². The van der Waals surface area contributed by atoms with Crippen molar-refractivity contribution in [3.63, 3.8) is 0 Å². The summed E-state index contributed by atoms with van der Waals surface area (Å²) in [5.41, 5.74) is 1.94. The van der Waals surface area contributed by atoms with Gasteiger partial charge in [-0.25, -0.2) is 0 Å². The lowest BCUT2D eigenvalue weighted by molar-refractivity contribution is 0.574. The van der Waals surface area contributed by atoms with Crippen molar-refractivity contribution < 1.29 is 4.55 Å². The quantitative estimate of drug-likeness (QED) is 0.308. The fraction of sp³-hybridized carbons (Fsp3) is 0.429. The first-order valence-electron chi connectivity index (χ1n) is 6.54. The Morgan fingerprint density at radius 2 is 2.10 bits per heavy atom. The van der Waals surface area contributed by atoms with Crippen LogP contribution in [-0.4, -0.2) is 19.9 Å². The van der Waals surface area contributed by atoms with Crippen molar-refractivity contribution in [3.8, 4) is 6.07 Å². The molecule has 0 radical (unpaired) electrons. The summed E-state index contributed by atoms with van der Waals surface area (Å²) < 4.78 is 15.1. The lowest BCUT2D eigenvalue weighted by Gasteiger charge is -2.10. The summed E-state index contributed by atoms with van der Waals surface area (Å²) in [6.07, 6.45) is 3.29. The van der Waals surface area contributed by atoms with Crippen molar-refractivity contribution in [2.75, 3.05) is 5.75 Å². The molecule has 0 spiro atoms. The second-order valence-corrected chi connectivity index (χ2v) is 6.60. The van der Waals surface area contributed by atoms with Crippen LogP contribution < -0.4 is 0 Å². The average Bonchev–Trinajstić information content (AvgIpc) is 2.85. The van der Waals surface area contributed by atoms with Crippen molar-refractivity contribution in [2.45, 2.75) is 35.4 Å². The van der Waals surface area contributed by atoms with E-state index in [9.17, 15) is 4.55 Å². The summed E-state index contributed by atoms with van der Waals surface area (Å²) in [4.78, 5) is 4.50. The maximum Gasteiger partial charge on any atom is 0.324 e. The van der Waals surface area contributed by atoms with E-state index in [0.717, 1.165) is 34.8 Å². The molecule has 0 bridgehead atoms. The van der Waals surface area contributed by atoms with Gasteiger partial charge in [-0.15, -0.1) is 0 Å². The van der Waals surface area contributed by atoms with Gasteiger partial charge in [0.05, 0.1) is 21.7 Å². The van der Waals surface area contributed by atoms with E-state index in [1.54, 1.807) is 0 Å². The molecule has 0 aliphatic heterocycles. The van der Waals surface area contributed by atoms with Crippen LogP contribution >= 0.6 is 22.6 Å². The minimum atomic E-state index is -1.07. The molecule has 4 nitrogen and oxygen atoms in total. The third-order valence-electron chi connectivity index (χ3n) is 3.06. The first-order valence-corrected chi connectivity index (χ1v) is 9.39. The number of nitrogens with zero attached hydrogens (tertiary/aromatic N) is 3. The summed E-state index contributed by atoms with van der Waals surface area (Å²) in [7, 11) is 0. The van der Waals surface area contributed by atoms with Crippen LogP contribution in [-0.2, 0) is 15.7 Å². The fourth-order valence-corrected chi connectivity index (χ4v) is 4.23. The standard InChI is InChI=1S/C14H16IN3OS/c15-11-18-13-8-4-3-7-12(13)17-14(18)20(19)10-6-2-1-5-9-16/h3-4,7-8H,1-2,5-6,10-11H2. The molecule has 0 saturated heterocycles. The number of para-hydroxylation sites is 2. The average molecular weight is 401 g/mol. The van der Waals surface area contributed by atoms with Crippen molar-refractivity contribution in [1.29, 1.82) is 5.26 Å². The van der Waals surface area contributed by atoms with Gasteiger partial charge in [-0.05, 0) is 31.4 Å². The molecule has 2 aromatic rings. The van der Waals surface area contributed by atoms with E-state index in [1.807, 2.05) is 28.8 Å². The Morgan fingerprint density at radius 1 is 1.30 bits per heavy atom. The molecule has 0 amide bonds. The number of halogens is 1. The zero-order valence-electron chi connectivity index (χ0n) is 11.1. The number of hydrogen-bond acceptors (Lipinski definition) is 3. The van der Waals surface area contributed by atoms with E-state index in [4.69, 9.17) is 5.26 Å². The second kappa shape index (κ2) is 7.86. The molecule has 0 fully saturated rings. The zero-order valence-corrected chi connectivity index (χ0v) is 14.1. The van der Waals surface area contributed by atoms with Gasteiger partial charge in [0.25, 0.3) is 0 Å². The molecular formula is C14H16IN3OS. The van der Waals surface area contributed by atoms with Gasteiger partial charge in [-0.2, -0.15) is 10.2 Å². The topological polar surface area (TPSA) is 64.7 Å². The molecule has 1 unspecified atom stereocenters. The Bertz CT molecular complexity index is 608. The highest BCUT2D eigenvalue weighted by Crippen LogP contribution is 2.22. The molecule has 20 heavy (non-hydrogen) atoms. The summed E-state index contributed by atoms with van der Waals surface area (Å²) >= 11 is 1.20. The normalized spacial score (nSPS) is 12.4. The van der Waals surface area contributed by atoms with E-state index >= 15 is 0 Å². The SMILES string of the molecule is N#CCCCCC[S+]([O-])c1nc2ccccc2n1CI. The largest absolute Gasteiger partial charge is 0.609 e. The predicted octanol–water partition coefficient (Wildman–Crippen LogP) is 3.62. The minimum Gasteiger partial charge on any atom is -0.609 e. The molecule has 1 heterocycles. The first-order chi connectivity index (χ1) is 9.77. The number of alkyl halides is 1. The first kappa shape index (κ1) is 15.6. The highest BCUT2D eigenvalue weighted by Gasteiger charge is 2.20. The Morgan fingerprint density at radius 3 is 2.85 bits per heavy atom. The van der Waals surface area contributed by atoms with Crippen molar-refractivity contribution in [2.24, 2.45) is 0 Å². The van der Waals surface area contributed by atoms with E-state index in [2.05, 4.69) is 33.6 Å². The van der Waals surface area contributed by atoms with Crippen LogP contribution in [0.25, 0.3) is 11.0 Å². The second-order valence-electron chi connectivity index (χ2n) is 4.45. The van der Waals surface area contributed by atoms with E-state index in [-0.39, 0.29) is 0 Å². The fourth-order valence-electron chi connectivity index (χ4n) is 2.05. The smallest absolute Gasteiger partial charge is 0.324 e. The Kier molecular flexibility index (Phi) is 6.13. The number of hydrogen-bond donors (Lipinski definition) is 0. The lowest BCUT2D eigenvalue weighted by atomic mass is 10.2.